The van der Waals surface area contributed by atoms with Gasteiger partial charge in [0.25, 0.3) is 0 Å². The summed E-state index contributed by atoms with van der Waals surface area (Å²) in [6, 6.07) is 1.27. The molecular weight excluding hydrogens is 204 g/mol. The van der Waals surface area contributed by atoms with Crippen LogP contribution in [0.25, 0.3) is 0 Å². The third-order valence-corrected chi connectivity index (χ3v) is 3.14. The minimum Gasteiger partial charge on any atom is -0.407 e. The lowest BCUT2D eigenvalue weighted by molar-refractivity contribution is 0.453. The van der Waals surface area contributed by atoms with Gasteiger partial charge in [0.05, 0.1) is 6.54 Å². The second-order valence-corrected chi connectivity index (χ2v) is 4.23. The average molecular weight is 224 g/mol. The van der Waals surface area contributed by atoms with Crippen LogP contribution in [0.2, 0.25) is 0 Å². The zero-order valence-corrected chi connectivity index (χ0v) is 10.1. The topological polar surface area (TPSA) is 54.2 Å². The Labute approximate surface area is 96.2 Å². The number of nitrogens with zero attached hydrogens (tertiary/aromatic N) is 3. The number of anilines is 1. The van der Waals surface area contributed by atoms with Crippen LogP contribution in [0.4, 0.5) is 6.01 Å². The Kier molecular flexibility index (Phi) is 3.77. The average Bonchev–Trinajstić information content (AvgIpc) is 2.92. The van der Waals surface area contributed by atoms with E-state index < -0.39 is 0 Å². The van der Waals surface area contributed by atoms with Gasteiger partial charge in [-0.3, -0.25) is 0 Å². The summed E-state index contributed by atoms with van der Waals surface area (Å²) < 4.78 is 5.63. The monoisotopic (exact) mass is 224 g/mol. The summed E-state index contributed by atoms with van der Waals surface area (Å²) in [4.78, 5) is 2.24. The third-order valence-electron chi connectivity index (χ3n) is 3.14. The zero-order valence-electron chi connectivity index (χ0n) is 10.1. The lowest BCUT2D eigenvalue weighted by Crippen LogP contribution is -2.33. The van der Waals surface area contributed by atoms with Crippen LogP contribution in [0.3, 0.4) is 0 Å². The highest BCUT2D eigenvalue weighted by Gasteiger charge is 2.25. The first-order valence-corrected chi connectivity index (χ1v) is 6.08. The molecule has 1 fully saturated rings. The van der Waals surface area contributed by atoms with Crippen molar-refractivity contribution >= 4 is 6.01 Å². The highest BCUT2D eigenvalue weighted by molar-refractivity contribution is 5.26. The molecule has 0 unspecified atom stereocenters. The fourth-order valence-electron chi connectivity index (χ4n) is 2.35. The molecule has 5 heteroatoms. The molecule has 0 aliphatic heterocycles. The van der Waals surface area contributed by atoms with Gasteiger partial charge in [0.1, 0.15) is 0 Å². The van der Waals surface area contributed by atoms with Gasteiger partial charge < -0.3 is 14.6 Å². The normalized spacial score (nSPS) is 16.9. The molecule has 5 nitrogen and oxygen atoms in total. The van der Waals surface area contributed by atoms with Crippen molar-refractivity contribution in [2.45, 2.75) is 45.2 Å². The van der Waals surface area contributed by atoms with Gasteiger partial charge in [0.15, 0.2) is 0 Å². The lowest BCUT2D eigenvalue weighted by Gasteiger charge is -2.24. The number of hydrogen-bond donors (Lipinski definition) is 1. The molecule has 1 N–H and O–H groups in total. The maximum Gasteiger partial charge on any atom is 0.318 e. The molecule has 16 heavy (non-hydrogen) atoms. The molecule has 1 saturated carbocycles. The highest BCUT2D eigenvalue weighted by Crippen LogP contribution is 2.27. The molecule has 0 spiro atoms. The summed E-state index contributed by atoms with van der Waals surface area (Å²) >= 11 is 0. The van der Waals surface area contributed by atoms with Crippen LogP contribution in [0.1, 0.15) is 38.5 Å². The molecule has 1 aromatic rings. The molecule has 0 amide bonds. The van der Waals surface area contributed by atoms with Gasteiger partial charge in [0.2, 0.25) is 5.89 Å². The quantitative estimate of drug-likeness (QED) is 0.822. The van der Waals surface area contributed by atoms with E-state index in [0.717, 1.165) is 6.54 Å². The maximum atomic E-state index is 5.63. The Morgan fingerprint density at radius 3 is 2.75 bits per heavy atom. The van der Waals surface area contributed by atoms with E-state index in [1.807, 2.05) is 7.05 Å². The third kappa shape index (κ3) is 2.35. The van der Waals surface area contributed by atoms with Crippen molar-refractivity contribution in [1.29, 1.82) is 0 Å². The zero-order chi connectivity index (χ0) is 11.4. The van der Waals surface area contributed by atoms with Crippen LogP contribution in [0.15, 0.2) is 4.42 Å². The molecule has 0 bridgehead atoms. The Bertz CT molecular complexity index is 320. The first-order chi connectivity index (χ1) is 7.85. The molecule has 0 atom stereocenters. The van der Waals surface area contributed by atoms with Crippen molar-refractivity contribution in [1.82, 2.24) is 15.5 Å². The molecule has 2 rings (SSSR count). The Hall–Kier alpha value is -1.10. The molecule has 1 aromatic heterocycles. The highest BCUT2D eigenvalue weighted by atomic mass is 16.4. The molecule has 0 radical (unpaired) electrons. The van der Waals surface area contributed by atoms with Crippen molar-refractivity contribution in [3.05, 3.63) is 5.89 Å². The molecule has 0 saturated heterocycles. The Morgan fingerprint density at radius 2 is 2.12 bits per heavy atom. The predicted octanol–water partition coefficient (Wildman–Crippen LogP) is 1.56. The first kappa shape index (κ1) is 11.4. The van der Waals surface area contributed by atoms with Crippen molar-refractivity contribution in [2.24, 2.45) is 0 Å². The Morgan fingerprint density at radius 1 is 1.38 bits per heavy atom. The van der Waals surface area contributed by atoms with E-state index in [9.17, 15) is 0 Å². The van der Waals surface area contributed by atoms with E-state index in [1.165, 1.54) is 25.7 Å². The van der Waals surface area contributed by atoms with Crippen LogP contribution in [-0.2, 0) is 6.54 Å². The molecule has 1 aliphatic carbocycles. The molecular formula is C11H20N4O. The number of hydrogen-bond acceptors (Lipinski definition) is 5. The second kappa shape index (κ2) is 5.30. The fraction of sp³-hybridized carbons (Fsp3) is 0.818. The van der Waals surface area contributed by atoms with E-state index in [4.69, 9.17) is 4.42 Å². The van der Waals surface area contributed by atoms with E-state index in [1.54, 1.807) is 0 Å². The molecule has 1 heterocycles. The van der Waals surface area contributed by atoms with Gasteiger partial charge in [0, 0.05) is 12.6 Å². The maximum absolute atomic E-state index is 5.63. The van der Waals surface area contributed by atoms with Crippen LogP contribution in [-0.4, -0.2) is 29.8 Å². The fourth-order valence-corrected chi connectivity index (χ4v) is 2.35. The summed E-state index contributed by atoms with van der Waals surface area (Å²) in [5.74, 6) is 0.661. The molecule has 90 valence electrons. The number of nitrogens with one attached hydrogen (secondary N) is 1. The summed E-state index contributed by atoms with van der Waals surface area (Å²) in [5.41, 5.74) is 0. The lowest BCUT2D eigenvalue weighted by atomic mass is 10.2. The summed E-state index contributed by atoms with van der Waals surface area (Å²) in [6.45, 7) is 3.71. The van der Waals surface area contributed by atoms with Crippen LogP contribution in [0.5, 0.6) is 0 Å². The van der Waals surface area contributed by atoms with E-state index in [-0.39, 0.29) is 0 Å². The van der Waals surface area contributed by atoms with Gasteiger partial charge in [-0.25, -0.2) is 0 Å². The van der Waals surface area contributed by atoms with E-state index in [2.05, 4.69) is 27.3 Å². The van der Waals surface area contributed by atoms with E-state index >= 15 is 0 Å². The predicted molar refractivity (Wildman–Crippen MR) is 62.3 cm³/mol. The van der Waals surface area contributed by atoms with Crippen LogP contribution in [0, 0.1) is 0 Å². The van der Waals surface area contributed by atoms with Crippen molar-refractivity contribution < 1.29 is 4.42 Å². The largest absolute Gasteiger partial charge is 0.407 e. The second-order valence-electron chi connectivity index (χ2n) is 4.23. The van der Waals surface area contributed by atoms with Crippen molar-refractivity contribution in [3.63, 3.8) is 0 Å². The first-order valence-electron chi connectivity index (χ1n) is 6.08. The standard InChI is InChI=1S/C11H20N4O/c1-3-15(9-6-4-5-7-9)11-14-13-10(16-11)8-12-2/h9,12H,3-8H2,1-2H3. The minimum atomic E-state index is 0.591. The number of rotatable bonds is 5. The van der Waals surface area contributed by atoms with Crippen LogP contribution < -0.4 is 10.2 Å². The van der Waals surface area contributed by atoms with Crippen molar-refractivity contribution in [3.8, 4) is 0 Å². The summed E-state index contributed by atoms with van der Waals surface area (Å²) in [7, 11) is 1.87. The number of aromatic nitrogens is 2. The van der Waals surface area contributed by atoms with E-state index in [0.29, 0.717) is 24.5 Å². The minimum absolute atomic E-state index is 0.591. The van der Waals surface area contributed by atoms with Gasteiger partial charge in [-0.1, -0.05) is 17.9 Å². The molecule has 0 aromatic carbocycles. The summed E-state index contributed by atoms with van der Waals surface area (Å²) in [5, 5.41) is 11.2. The van der Waals surface area contributed by atoms with Crippen LogP contribution >= 0.6 is 0 Å². The van der Waals surface area contributed by atoms with Gasteiger partial charge in [-0.2, -0.15) is 0 Å². The van der Waals surface area contributed by atoms with Crippen molar-refractivity contribution in [2.75, 3.05) is 18.5 Å². The molecule has 1 aliphatic rings. The van der Waals surface area contributed by atoms with Gasteiger partial charge in [-0.15, -0.1) is 5.10 Å². The summed E-state index contributed by atoms with van der Waals surface area (Å²) in [6.07, 6.45) is 5.13. The van der Waals surface area contributed by atoms with Gasteiger partial charge in [-0.05, 0) is 26.8 Å². The SMILES string of the molecule is CCN(c1nnc(CNC)o1)C1CCCC1. The Balaban J connectivity index is 2.06. The van der Waals surface area contributed by atoms with Gasteiger partial charge >= 0.3 is 6.01 Å². The smallest absolute Gasteiger partial charge is 0.318 e.